The number of carbonyl (C=O) groups excluding carboxylic acids is 1. The van der Waals surface area contributed by atoms with Crippen LogP contribution in [0.1, 0.15) is 31.4 Å². The van der Waals surface area contributed by atoms with Gasteiger partial charge in [0, 0.05) is 48.1 Å². The maximum Gasteiger partial charge on any atom is 0.397 e. The van der Waals surface area contributed by atoms with Crippen molar-refractivity contribution in [1.29, 1.82) is 0 Å². The molecule has 4 rings (SSSR count). The summed E-state index contributed by atoms with van der Waals surface area (Å²) >= 11 is 1.21. The van der Waals surface area contributed by atoms with Crippen molar-refractivity contribution >= 4 is 33.4 Å². The minimum absolute atomic E-state index is 0.0462. The summed E-state index contributed by atoms with van der Waals surface area (Å²) in [5, 5.41) is 11.5. The normalized spacial score (nSPS) is 23.9. The third-order valence-corrected chi connectivity index (χ3v) is 11.1. The summed E-state index contributed by atoms with van der Waals surface area (Å²) in [5.74, 6) is -1.61. The number of non-ortho nitro benzene ring substituents is 1. The van der Waals surface area contributed by atoms with Crippen molar-refractivity contribution in [3.05, 3.63) is 69.8 Å². The van der Waals surface area contributed by atoms with E-state index in [9.17, 15) is 36.5 Å². The zero-order valence-corrected chi connectivity index (χ0v) is 24.8. The van der Waals surface area contributed by atoms with Gasteiger partial charge in [-0.1, -0.05) is 43.0 Å². The van der Waals surface area contributed by atoms with Crippen LogP contribution in [0.4, 0.5) is 18.9 Å². The van der Waals surface area contributed by atoms with Crippen molar-refractivity contribution in [2.24, 2.45) is 17.3 Å². The molecule has 0 spiro atoms. The van der Waals surface area contributed by atoms with Crippen LogP contribution in [0, 0.1) is 41.2 Å². The van der Waals surface area contributed by atoms with Crippen molar-refractivity contribution in [3.63, 3.8) is 0 Å². The second-order valence-electron chi connectivity index (χ2n) is 11.0. The van der Waals surface area contributed by atoms with Gasteiger partial charge in [0.1, 0.15) is 4.90 Å². The Kier molecular flexibility index (Phi) is 8.64. The standard InChI is InChI=1S/C28H32F3N3O5S2/c1-18-5-6-19(2)24(15-18)40-23-8-7-21(34(36)37)16-25(23)41(38,39)33-13-11-32(12-14-33)26(35)22-9-10-27(4,17-20(22)3)28(29,30)31/h5-10,15-16,20,22H,11-14,17H2,1-4H3. The van der Waals surface area contributed by atoms with Crippen LogP contribution in [0.25, 0.3) is 0 Å². The summed E-state index contributed by atoms with van der Waals surface area (Å²) in [5.41, 5.74) is -0.445. The van der Waals surface area contributed by atoms with Crippen molar-refractivity contribution in [2.45, 2.75) is 55.0 Å². The van der Waals surface area contributed by atoms with Crippen LogP contribution in [-0.4, -0.2) is 60.8 Å². The Morgan fingerprint density at radius 2 is 1.73 bits per heavy atom. The number of benzene rings is 2. The van der Waals surface area contributed by atoms with E-state index in [1.165, 1.54) is 39.2 Å². The van der Waals surface area contributed by atoms with Gasteiger partial charge < -0.3 is 4.90 Å². The van der Waals surface area contributed by atoms with Gasteiger partial charge in [-0.05, 0) is 56.4 Å². The predicted molar refractivity (Wildman–Crippen MR) is 149 cm³/mol. The molecule has 0 N–H and O–H groups in total. The van der Waals surface area contributed by atoms with Crippen LogP contribution in [-0.2, 0) is 14.8 Å². The molecule has 1 aliphatic heterocycles. The number of halogens is 3. The number of alkyl halides is 3. The average Bonchev–Trinajstić information content (AvgIpc) is 2.90. The van der Waals surface area contributed by atoms with Crippen molar-refractivity contribution < 1.29 is 31.3 Å². The molecule has 41 heavy (non-hydrogen) atoms. The molecule has 222 valence electrons. The largest absolute Gasteiger partial charge is 0.397 e. The van der Waals surface area contributed by atoms with Crippen molar-refractivity contribution in [2.75, 3.05) is 26.2 Å². The molecule has 1 fully saturated rings. The summed E-state index contributed by atoms with van der Waals surface area (Å²) in [6, 6.07) is 9.53. The van der Waals surface area contributed by atoms with E-state index in [0.29, 0.717) is 4.90 Å². The lowest BCUT2D eigenvalue weighted by Crippen LogP contribution is -2.53. The number of nitro groups is 1. The molecule has 1 amide bonds. The molecule has 0 bridgehead atoms. The summed E-state index contributed by atoms with van der Waals surface area (Å²) in [6.07, 6.45) is -2.25. The van der Waals surface area contributed by atoms with Crippen molar-refractivity contribution in [3.8, 4) is 0 Å². The smallest absolute Gasteiger partial charge is 0.340 e. The number of carbonyl (C=O) groups is 1. The fourth-order valence-corrected chi connectivity index (χ4v) is 8.20. The Hall–Kier alpha value is -2.90. The van der Waals surface area contributed by atoms with Gasteiger partial charge in [0.2, 0.25) is 15.9 Å². The average molecular weight is 612 g/mol. The maximum absolute atomic E-state index is 13.8. The second kappa shape index (κ2) is 11.4. The van der Waals surface area contributed by atoms with Crippen LogP contribution in [0.15, 0.2) is 63.2 Å². The van der Waals surface area contributed by atoms with Crippen molar-refractivity contribution in [1.82, 2.24) is 9.21 Å². The minimum Gasteiger partial charge on any atom is -0.340 e. The number of hydrogen-bond donors (Lipinski definition) is 0. The molecule has 2 aromatic rings. The molecule has 2 aromatic carbocycles. The molecule has 0 saturated carbocycles. The Morgan fingerprint density at radius 1 is 1.07 bits per heavy atom. The molecule has 1 saturated heterocycles. The van der Waals surface area contributed by atoms with Gasteiger partial charge in [0.05, 0.1) is 16.3 Å². The Bertz CT molecular complexity index is 1490. The van der Waals surface area contributed by atoms with Crippen LogP contribution in [0.5, 0.6) is 0 Å². The topological polar surface area (TPSA) is 101 Å². The van der Waals surface area contributed by atoms with Crippen LogP contribution < -0.4 is 0 Å². The number of allylic oxidation sites excluding steroid dienone is 1. The van der Waals surface area contributed by atoms with Crippen LogP contribution in [0.2, 0.25) is 0 Å². The molecule has 3 unspecified atom stereocenters. The van der Waals surface area contributed by atoms with E-state index < -0.39 is 38.4 Å². The number of nitro benzene ring substituents is 1. The summed E-state index contributed by atoms with van der Waals surface area (Å²) in [4.78, 5) is 26.5. The molecule has 1 aliphatic carbocycles. The fourth-order valence-electron chi connectivity index (χ4n) is 5.24. The highest BCUT2D eigenvalue weighted by molar-refractivity contribution is 8.00. The van der Waals surface area contributed by atoms with E-state index in [1.807, 2.05) is 32.0 Å². The molecule has 13 heteroatoms. The molecule has 8 nitrogen and oxygen atoms in total. The number of piperazine rings is 1. The first-order valence-electron chi connectivity index (χ1n) is 13.1. The highest BCUT2D eigenvalue weighted by Gasteiger charge is 2.52. The van der Waals surface area contributed by atoms with Crippen LogP contribution in [0.3, 0.4) is 0 Å². The summed E-state index contributed by atoms with van der Waals surface area (Å²) < 4.78 is 69.2. The van der Waals surface area contributed by atoms with E-state index in [4.69, 9.17) is 0 Å². The Morgan fingerprint density at radius 3 is 2.32 bits per heavy atom. The van der Waals surface area contributed by atoms with Gasteiger partial charge in [-0.3, -0.25) is 14.9 Å². The van der Waals surface area contributed by atoms with E-state index >= 15 is 0 Å². The second-order valence-corrected chi connectivity index (χ2v) is 14.0. The molecule has 3 atom stereocenters. The lowest BCUT2D eigenvalue weighted by molar-refractivity contribution is -0.385. The number of hydrogen-bond acceptors (Lipinski definition) is 6. The van der Waals surface area contributed by atoms with Gasteiger partial charge >= 0.3 is 6.18 Å². The molecular weight excluding hydrogens is 579 g/mol. The van der Waals surface area contributed by atoms with E-state index in [2.05, 4.69) is 0 Å². The highest BCUT2D eigenvalue weighted by Crippen LogP contribution is 2.48. The van der Waals surface area contributed by atoms with Gasteiger partial charge in [-0.15, -0.1) is 0 Å². The van der Waals surface area contributed by atoms with E-state index in [-0.39, 0.29) is 49.1 Å². The number of aryl methyl sites for hydroxylation is 2. The first-order chi connectivity index (χ1) is 19.0. The third-order valence-electron chi connectivity index (χ3n) is 7.83. The quantitative estimate of drug-likeness (QED) is 0.227. The van der Waals surface area contributed by atoms with Gasteiger partial charge in [-0.25, -0.2) is 8.42 Å². The first-order valence-corrected chi connectivity index (χ1v) is 15.4. The molecule has 2 aliphatic rings. The molecule has 1 heterocycles. The third kappa shape index (κ3) is 6.31. The minimum atomic E-state index is -4.42. The van der Waals surface area contributed by atoms with Crippen LogP contribution >= 0.6 is 11.8 Å². The zero-order chi connectivity index (χ0) is 30.3. The molecule has 0 aromatic heterocycles. The van der Waals surface area contributed by atoms with E-state index in [1.54, 1.807) is 6.92 Å². The highest BCUT2D eigenvalue weighted by atomic mass is 32.2. The first kappa shape index (κ1) is 31.0. The molecule has 0 radical (unpaired) electrons. The summed E-state index contributed by atoms with van der Waals surface area (Å²) in [7, 11) is -4.18. The maximum atomic E-state index is 13.8. The lowest BCUT2D eigenvalue weighted by Gasteiger charge is -2.40. The SMILES string of the molecule is Cc1ccc(C)c(Sc2ccc([N+](=O)[O-])cc2S(=O)(=O)N2CCN(C(=O)C3C=CC(C)(C(F)(F)F)CC3C)CC2)c1. The van der Waals surface area contributed by atoms with Gasteiger partial charge in [0.25, 0.3) is 5.69 Å². The predicted octanol–water partition coefficient (Wildman–Crippen LogP) is 5.98. The molecular formula is C28H32F3N3O5S2. The van der Waals surface area contributed by atoms with E-state index in [0.717, 1.165) is 35.1 Å². The van der Waals surface area contributed by atoms with Gasteiger partial charge in [0.15, 0.2) is 0 Å². The monoisotopic (exact) mass is 611 g/mol. The number of nitrogens with zero attached hydrogens (tertiary/aromatic N) is 3. The number of rotatable bonds is 6. The fraction of sp³-hybridized carbons (Fsp3) is 0.464. The lowest BCUT2D eigenvalue weighted by atomic mass is 9.71. The number of amides is 1. The Labute approximate surface area is 241 Å². The number of sulfonamides is 1. The zero-order valence-electron chi connectivity index (χ0n) is 23.1. The Balaban J connectivity index is 1.54. The van der Waals surface area contributed by atoms with Gasteiger partial charge in [-0.2, -0.15) is 17.5 Å². The summed E-state index contributed by atoms with van der Waals surface area (Å²) in [6.45, 7) is 6.56.